The van der Waals surface area contributed by atoms with Gasteiger partial charge in [-0.1, -0.05) is 4.47 Å². The Balaban J connectivity index is 2.28. The molecule has 0 fully saturated rings. The van der Waals surface area contributed by atoms with E-state index >= 15 is 0 Å². The second kappa shape index (κ2) is 4.27. The molecule has 1 atom stereocenters. The Bertz CT molecular complexity index is 471. The molecule has 1 aromatic rings. The highest BCUT2D eigenvalue weighted by Crippen LogP contribution is 2.21. The lowest BCUT2D eigenvalue weighted by molar-refractivity contribution is 0.151. The third-order valence-corrected chi connectivity index (χ3v) is 3.25. The van der Waals surface area contributed by atoms with E-state index in [4.69, 9.17) is 5.11 Å². The second-order valence-corrected chi connectivity index (χ2v) is 4.27. The van der Waals surface area contributed by atoms with Gasteiger partial charge in [0, 0.05) is 4.90 Å². The van der Waals surface area contributed by atoms with Gasteiger partial charge >= 0.3 is 6.09 Å². The van der Waals surface area contributed by atoms with Crippen LogP contribution in [0.1, 0.15) is 0 Å². The van der Waals surface area contributed by atoms with Gasteiger partial charge in [0.25, 0.3) is 0 Å². The van der Waals surface area contributed by atoms with Crippen LogP contribution in [-0.2, 0) is 15.6 Å². The molecule has 7 nitrogen and oxygen atoms in total. The number of rotatable bonds is 1. The fraction of sp³-hybridized carbons (Fsp3) is 0.125. The van der Waals surface area contributed by atoms with E-state index in [1.165, 1.54) is 19.2 Å². The number of nitrogens with zero attached hydrogens (tertiary/aromatic N) is 4. The number of carbonyl (C=O) groups excluding carboxylic acids is 1. The Kier molecular flexibility index (Phi) is 2.82. The zero-order chi connectivity index (χ0) is 11.5. The Hall–Kier alpha value is -1.96. The number of aromatic hydroxyl groups is 1. The molecule has 0 spiro atoms. The van der Waals surface area contributed by atoms with Crippen molar-refractivity contribution in [3.05, 3.63) is 24.3 Å². The maximum Gasteiger partial charge on any atom is 0.443 e. The van der Waals surface area contributed by atoms with Crippen LogP contribution in [0.25, 0.3) is 0 Å². The molecule has 1 N–H and O–H groups in total. The summed E-state index contributed by atoms with van der Waals surface area (Å²) in [6.07, 6.45) is -0.624. The maximum absolute atomic E-state index is 11.3. The highest BCUT2D eigenvalue weighted by atomic mass is 32.2. The van der Waals surface area contributed by atoms with Crippen molar-refractivity contribution in [2.45, 2.75) is 4.90 Å². The molecule has 2 rings (SSSR count). The Morgan fingerprint density at radius 2 is 2.12 bits per heavy atom. The van der Waals surface area contributed by atoms with Crippen molar-refractivity contribution in [2.24, 2.45) is 14.9 Å². The molecule has 84 valence electrons. The predicted octanol–water partition coefficient (Wildman–Crippen LogP) is 1.83. The third kappa shape index (κ3) is 1.87. The molecule has 0 saturated heterocycles. The Morgan fingerprint density at radius 1 is 1.44 bits per heavy atom. The Labute approximate surface area is 93.5 Å². The summed E-state index contributed by atoms with van der Waals surface area (Å²) in [5, 5.41) is 16.1. The normalized spacial score (nSPS) is 18.3. The quantitative estimate of drug-likeness (QED) is 0.812. The minimum Gasteiger partial charge on any atom is -0.508 e. The van der Waals surface area contributed by atoms with Gasteiger partial charge in [0.1, 0.15) is 5.75 Å². The van der Waals surface area contributed by atoms with Crippen LogP contribution in [0.15, 0.2) is 44.1 Å². The van der Waals surface area contributed by atoms with Crippen LogP contribution in [-0.4, -0.2) is 22.7 Å². The zero-order valence-corrected chi connectivity index (χ0v) is 9.09. The van der Waals surface area contributed by atoms with Crippen LogP contribution in [0.2, 0.25) is 0 Å². The van der Waals surface area contributed by atoms with Gasteiger partial charge in [0.2, 0.25) is 0 Å². The van der Waals surface area contributed by atoms with Crippen molar-refractivity contribution in [1.29, 1.82) is 0 Å². The molecule has 0 aliphatic carbocycles. The van der Waals surface area contributed by atoms with E-state index in [1.54, 1.807) is 12.1 Å². The summed E-state index contributed by atoms with van der Waals surface area (Å²) in [4.78, 5) is 12.0. The lowest BCUT2D eigenvalue weighted by Crippen LogP contribution is -2.25. The minimum atomic E-state index is -0.927. The fourth-order valence-electron chi connectivity index (χ4n) is 1.06. The summed E-state index contributed by atoms with van der Waals surface area (Å²) in [5.74, 6) is 0.144. The number of amides is 1. The van der Waals surface area contributed by atoms with Gasteiger partial charge in [0.05, 0.1) is 18.0 Å². The van der Waals surface area contributed by atoms with Gasteiger partial charge in [-0.2, -0.15) is 0 Å². The molecule has 1 aromatic carbocycles. The number of phenolic OH excluding ortho intramolecular Hbond substituents is 1. The standard InChI is InChI=1S/C8H8N4O3S/c1-15-8(14)12-10-9-11-16(12)7-4-2-6(13)3-5-7/h2-5,13H,1H3. The molecule has 1 aliphatic heterocycles. The number of benzene rings is 1. The molecule has 1 amide bonds. The van der Waals surface area contributed by atoms with Crippen molar-refractivity contribution in [1.82, 2.24) is 4.41 Å². The monoisotopic (exact) mass is 240 g/mol. The van der Waals surface area contributed by atoms with Crippen LogP contribution in [0.3, 0.4) is 0 Å². The maximum atomic E-state index is 11.3. The van der Waals surface area contributed by atoms with Crippen molar-refractivity contribution >= 4 is 17.0 Å². The molecule has 1 unspecified atom stereocenters. The first kappa shape index (κ1) is 10.6. The summed E-state index contributed by atoms with van der Waals surface area (Å²) in [6.45, 7) is 0. The first-order valence-electron chi connectivity index (χ1n) is 4.25. The van der Waals surface area contributed by atoms with E-state index in [0.717, 1.165) is 4.41 Å². The Morgan fingerprint density at radius 3 is 2.75 bits per heavy atom. The lowest BCUT2D eigenvalue weighted by atomic mass is 10.3. The summed E-state index contributed by atoms with van der Waals surface area (Å²) < 4.78 is 9.40. The lowest BCUT2D eigenvalue weighted by Gasteiger charge is -2.11. The fourth-order valence-corrected chi connectivity index (χ4v) is 2.22. The summed E-state index contributed by atoms with van der Waals surface area (Å²) in [5.41, 5.74) is 0. The van der Waals surface area contributed by atoms with E-state index in [2.05, 4.69) is 19.7 Å². The van der Waals surface area contributed by atoms with Crippen LogP contribution in [0.5, 0.6) is 5.75 Å². The average molecular weight is 240 g/mol. The topological polar surface area (TPSA) is 86.9 Å². The highest BCUT2D eigenvalue weighted by molar-refractivity contribution is 7.85. The van der Waals surface area contributed by atoms with Gasteiger partial charge in [-0.3, -0.25) is 0 Å². The predicted molar refractivity (Wildman–Crippen MR) is 55.3 cm³/mol. The van der Waals surface area contributed by atoms with Crippen molar-refractivity contribution in [2.75, 3.05) is 7.11 Å². The molecule has 1 aliphatic rings. The molecule has 1 heterocycles. The van der Waals surface area contributed by atoms with E-state index in [1.807, 2.05) is 0 Å². The molecule has 16 heavy (non-hydrogen) atoms. The molecule has 0 radical (unpaired) electrons. The smallest absolute Gasteiger partial charge is 0.443 e. The van der Waals surface area contributed by atoms with Crippen LogP contribution in [0, 0.1) is 0 Å². The summed E-state index contributed by atoms with van der Waals surface area (Å²) in [6, 6.07) is 6.31. The number of methoxy groups -OCH3 is 1. The van der Waals surface area contributed by atoms with Gasteiger partial charge < -0.3 is 9.84 Å². The minimum absolute atomic E-state index is 0.144. The van der Waals surface area contributed by atoms with Gasteiger partial charge in [0.15, 0.2) is 0 Å². The summed E-state index contributed by atoms with van der Waals surface area (Å²) in [7, 11) is 0.331. The molecular weight excluding hydrogens is 232 g/mol. The molecule has 0 saturated carbocycles. The number of carbonyl (C=O) groups is 1. The van der Waals surface area contributed by atoms with Crippen molar-refractivity contribution < 1.29 is 14.6 Å². The van der Waals surface area contributed by atoms with Gasteiger partial charge in [-0.05, 0) is 34.7 Å². The zero-order valence-electron chi connectivity index (χ0n) is 8.27. The SMILES string of the molecule is COC(=O)N1N=NN=S1c1ccc(O)cc1. The highest BCUT2D eigenvalue weighted by Gasteiger charge is 2.24. The van der Waals surface area contributed by atoms with E-state index < -0.39 is 17.0 Å². The van der Waals surface area contributed by atoms with Crippen LogP contribution in [0.4, 0.5) is 4.79 Å². The van der Waals surface area contributed by atoms with Crippen molar-refractivity contribution in [3.8, 4) is 5.75 Å². The number of phenols is 1. The first-order chi connectivity index (χ1) is 7.72. The van der Waals surface area contributed by atoms with E-state index in [-0.39, 0.29) is 5.75 Å². The van der Waals surface area contributed by atoms with Gasteiger partial charge in [-0.15, -0.1) is 4.41 Å². The van der Waals surface area contributed by atoms with Gasteiger partial charge in [-0.25, -0.2) is 4.79 Å². The molecule has 8 heteroatoms. The summed E-state index contributed by atoms with van der Waals surface area (Å²) >= 11 is 0. The first-order valence-corrected chi connectivity index (χ1v) is 5.39. The number of ether oxygens (including phenoxy) is 1. The van der Waals surface area contributed by atoms with Crippen LogP contribution < -0.4 is 0 Å². The van der Waals surface area contributed by atoms with Crippen LogP contribution >= 0.6 is 0 Å². The number of hydrogen-bond acceptors (Lipinski definition) is 6. The molecule has 0 aromatic heterocycles. The van der Waals surface area contributed by atoms with E-state index in [0.29, 0.717) is 4.90 Å². The second-order valence-electron chi connectivity index (χ2n) is 2.76. The third-order valence-electron chi connectivity index (χ3n) is 1.78. The van der Waals surface area contributed by atoms with E-state index in [9.17, 15) is 4.79 Å². The molecular formula is C8H8N4O3S. The van der Waals surface area contributed by atoms with Crippen molar-refractivity contribution in [3.63, 3.8) is 0 Å². The largest absolute Gasteiger partial charge is 0.508 e. The molecule has 0 bridgehead atoms. The number of hydrogen-bond donors (Lipinski definition) is 1. The average Bonchev–Trinajstić information content (AvgIpc) is 2.78.